The van der Waals surface area contributed by atoms with Gasteiger partial charge in [0, 0.05) is 10.5 Å². The minimum Gasteiger partial charge on any atom is -0.481 e. The van der Waals surface area contributed by atoms with E-state index in [1.807, 2.05) is 25.1 Å². The molecule has 2 unspecified atom stereocenters. The number of carbonyl (C=O) groups is 1. The molecule has 3 heteroatoms. The maximum absolute atomic E-state index is 10.5. The van der Waals surface area contributed by atoms with Crippen molar-refractivity contribution in [3.05, 3.63) is 35.9 Å². The quantitative estimate of drug-likeness (QED) is 0.833. The van der Waals surface area contributed by atoms with Crippen LogP contribution in [0.3, 0.4) is 0 Å². The highest BCUT2D eigenvalue weighted by atomic mass is 32.2. The van der Waals surface area contributed by atoms with E-state index in [2.05, 4.69) is 19.1 Å². The molecule has 0 aromatic heterocycles. The van der Waals surface area contributed by atoms with Crippen LogP contribution in [0.4, 0.5) is 0 Å². The van der Waals surface area contributed by atoms with E-state index < -0.39 is 5.97 Å². The van der Waals surface area contributed by atoms with Gasteiger partial charge in [-0.25, -0.2) is 0 Å². The molecule has 0 radical (unpaired) electrons. The second-order valence-electron chi connectivity index (χ2n) is 3.60. The predicted molar refractivity (Wildman–Crippen MR) is 64.2 cm³/mol. The van der Waals surface area contributed by atoms with Crippen LogP contribution in [0.15, 0.2) is 30.3 Å². The van der Waals surface area contributed by atoms with Crippen LogP contribution in [0.5, 0.6) is 0 Å². The summed E-state index contributed by atoms with van der Waals surface area (Å²) in [5.41, 5.74) is 1.25. The minimum absolute atomic E-state index is 0.151. The van der Waals surface area contributed by atoms with Crippen molar-refractivity contribution >= 4 is 17.7 Å². The van der Waals surface area contributed by atoms with E-state index in [-0.39, 0.29) is 11.7 Å². The van der Waals surface area contributed by atoms with Crippen LogP contribution < -0.4 is 0 Å². The van der Waals surface area contributed by atoms with Gasteiger partial charge in [0.1, 0.15) is 0 Å². The van der Waals surface area contributed by atoms with E-state index in [1.165, 1.54) is 5.56 Å². The summed E-state index contributed by atoms with van der Waals surface area (Å²) < 4.78 is 0. The van der Waals surface area contributed by atoms with Gasteiger partial charge >= 0.3 is 5.97 Å². The zero-order chi connectivity index (χ0) is 11.3. The van der Waals surface area contributed by atoms with Gasteiger partial charge in [0.25, 0.3) is 0 Å². The van der Waals surface area contributed by atoms with Crippen molar-refractivity contribution in [3.63, 3.8) is 0 Å². The standard InChI is InChI=1S/C12H16O2S/c1-9(8-12(13)14)15-10(2)11-6-4-3-5-7-11/h3-7,9-10H,8H2,1-2H3,(H,13,14). The molecule has 0 bridgehead atoms. The number of hydrogen-bond donors (Lipinski definition) is 1. The number of carboxylic acids is 1. The molecule has 0 aliphatic rings. The zero-order valence-corrected chi connectivity index (χ0v) is 9.83. The molecule has 1 aromatic carbocycles. The molecule has 0 aliphatic heterocycles. The van der Waals surface area contributed by atoms with E-state index in [4.69, 9.17) is 5.11 Å². The Hall–Kier alpha value is -0.960. The Bertz CT molecular complexity index is 311. The summed E-state index contributed by atoms with van der Waals surface area (Å²) in [4.78, 5) is 10.5. The topological polar surface area (TPSA) is 37.3 Å². The Balaban J connectivity index is 2.49. The van der Waals surface area contributed by atoms with Gasteiger partial charge in [-0.2, -0.15) is 11.8 Å². The van der Waals surface area contributed by atoms with Crippen molar-refractivity contribution in [2.75, 3.05) is 0 Å². The third kappa shape index (κ3) is 4.38. The van der Waals surface area contributed by atoms with Gasteiger partial charge in [0.15, 0.2) is 0 Å². The van der Waals surface area contributed by atoms with Crippen LogP contribution in [-0.4, -0.2) is 16.3 Å². The fourth-order valence-corrected chi connectivity index (χ4v) is 2.70. The van der Waals surface area contributed by atoms with Crippen LogP contribution in [0.1, 0.15) is 31.1 Å². The van der Waals surface area contributed by atoms with E-state index >= 15 is 0 Å². The highest BCUT2D eigenvalue weighted by molar-refractivity contribution is 8.00. The third-order valence-electron chi connectivity index (χ3n) is 2.17. The van der Waals surface area contributed by atoms with Crippen LogP contribution >= 0.6 is 11.8 Å². The third-order valence-corrected chi connectivity index (χ3v) is 3.48. The van der Waals surface area contributed by atoms with Crippen molar-refractivity contribution < 1.29 is 9.90 Å². The number of aliphatic carboxylic acids is 1. The van der Waals surface area contributed by atoms with E-state index in [0.29, 0.717) is 5.25 Å². The van der Waals surface area contributed by atoms with Crippen LogP contribution in [-0.2, 0) is 4.79 Å². The molecule has 2 atom stereocenters. The smallest absolute Gasteiger partial charge is 0.304 e. The summed E-state index contributed by atoms with van der Waals surface area (Å²) >= 11 is 1.70. The maximum Gasteiger partial charge on any atom is 0.304 e. The zero-order valence-electron chi connectivity index (χ0n) is 9.01. The molecule has 0 aliphatic carbocycles. The number of hydrogen-bond acceptors (Lipinski definition) is 2. The van der Waals surface area contributed by atoms with Crippen molar-refractivity contribution in [2.24, 2.45) is 0 Å². The Kier molecular flexibility index (Phi) is 4.69. The second-order valence-corrected chi connectivity index (χ2v) is 5.38. The van der Waals surface area contributed by atoms with Crippen LogP contribution in [0.25, 0.3) is 0 Å². The van der Waals surface area contributed by atoms with Crippen molar-refractivity contribution in [1.29, 1.82) is 0 Å². The molecule has 0 heterocycles. The van der Waals surface area contributed by atoms with Crippen molar-refractivity contribution in [2.45, 2.75) is 30.8 Å². The molecule has 82 valence electrons. The van der Waals surface area contributed by atoms with E-state index in [0.717, 1.165) is 0 Å². The first-order valence-electron chi connectivity index (χ1n) is 5.01. The lowest BCUT2D eigenvalue weighted by Gasteiger charge is -2.15. The molecule has 1 N–H and O–H groups in total. The normalized spacial score (nSPS) is 14.5. The minimum atomic E-state index is -0.727. The Labute approximate surface area is 94.7 Å². The average molecular weight is 224 g/mol. The molecular weight excluding hydrogens is 208 g/mol. The first-order chi connectivity index (χ1) is 7.09. The SMILES string of the molecule is CC(CC(=O)O)SC(C)c1ccccc1. The van der Waals surface area contributed by atoms with Gasteiger partial charge in [-0.15, -0.1) is 0 Å². The van der Waals surface area contributed by atoms with Gasteiger partial charge in [0.05, 0.1) is 6.42 Å². The fourth-order valence-electron chi connectivity index (χ4n) is 1.45. The Morgan fingerprint density at radius 3 is 2.47 bits per heavy atom. The molecule has 1 aromatic rings. The molecule has 0 fully saturated rings. The first kappa shape index (κ1) is 12.1. The highest BCUT2D eigenvalue weighted by Crippen LogP contribution is 2.32. The lowest BCUT2D eigenvalue weighted by molar-refractivity contribution is -0.136. The summed E-state index contributed by atoms with van der Waals surface area (Å²) in [5, 5.41) is 9.15. The van der Waals surface area contributed by atoms with Gasteiger partial charge in [-0.1, -0.05) is 37.3 Å². The number of rotatable bonds is 5. The molecule has 0 saturated carbocycles. The maximum atomic E-state index is 10.5. The summed E-state index contributed by atoms with van der Waals surface area (Å²) in [7, 11) is 0. The van der Waals surface area contributed by atoms with Crippen molar-refractivity contribution in [1.82, 2.24) is 0 Å². The summed E-state index contributed by atoms with van der Waals surface area (Å²) in [6, 6.07) is 10.2. The summed E-state index contributed by atoms with van der Waals surface area (Å²) in [5.74, 6) is -0.727. The molecule has 2 nitrogen and oxygen atoms in total. The fraction of sp³-hybridized carbons (Fsp3) is 0.417. The van der Waals surface area contributed by atoms with Gasteiger partial charge < -0.3 is 5.11 Å². The number of benzene rings is 1. The predicted octanol–water partition coefficient (Wildman–Crippen LogP) is 3.34. The largest absolute Gasteiger partial charge is 0.481 e. The van der Waals surface area contributed by atoms with E-state index in [9.17, 15) is 4.79 Å². The average Bonchev–Trinajstić information content (AvgIpc) is 2.17. The van der Waals surface area contributed by atoms with Gasteiger partial charge in [-0.3, -0.25) is 4.79 Å². The van der Waals surface area contributed by atoms with E-state index in [1.54, 1.807) is 11.8 Å². The molecule has 0 saturated heterocycles. The monoisotopic (exact) mass is 224 g/mol. The lowest BCUT2D eigenvalue weighted by Crippen LogP contribution is -2.07. The summed E-state index contributed by atoms with van der Waals surface area (Å²) in [6.45, 7) is 4.07. The Morgan fingerprint density at radius 1 is 1.33 bits per heavy atom. The first-order valence-corrected chi connectivity index (χ1v) is 5.96. The van der Waals surface area contributed by atoms with Crippen LogP contribution in [0, 0.1) is 0 Å². The number of thioether (sulfide) groups is 1. The summed E-state index contributed by atoms with van der Waals surface area (Å²) in [6.07, 6.45) is 0.224. The van der Waals surface area contributed by atoms with Gasteiger partial charge in [-0.05, 0) is 12.5 Å². The lowest BCUT2D eigenvalue weighted by atomic mass is 10.2. The molecular formula is C12H16O2S. The second kappa shape index (κ2) is 5.81. The van der Waals surface area contributed by atoms with Crippen molar-refractivity contribution in [3.8, 4) is 0 Å². The number of carboxylic acid groups (broad SMARTS) is 1. The highest BCUT2D eigenvalue weighted by Gasteiger charge is 2.13. The molecule has 1 rings (SSSR count). The Morgan fingerprint density at radius 2 is 1.93 bits per heavy atom. The molecule has 15 heavy (non-hydrogen) atoms. The molecule has 0 spiro atoms. The van der Waals surface area contributed by atoms with Crippen LogP contribution in [0.2, 0.25) is 0 Å². The molecule has 0 amide bonds. The van der Waals surface area contributed by atoms with Gasteiger partial charge in [0.2, 0.25) is 0 Å².